The molecule has 0 aromatic rings. The van der Waals surface area contributed by atoms with Gasteiger partial charge in [-0.15, -0.1) is 0 Å². The lowest BCUT2D eigenvalue weighted by atomic mass is 10.1. The molecule has 78 valence electrons. The molecule has 1 heterocycles. The highest BCUT2D eigenvalue weighted by Crippen LogP contribution is 2.30. The van der Waals surface area contributed by atoms with Gasteiger partial charge in [-0.1, -0.05) is 13.8 Å². The van der Waals surface area contributed by atoms with Crippen molar-refractivity contribution >= 4 is 11.8 Å². The van der Waals surface area contributed by atoms with Crippen LogP contribution < -0.4 is 0 Å². The number of hydrogen-bond acceptors (Lipinski definition) is 3. The molecule has 1 fully saturated rings. The van der Waals surface area contributed by atoms with E-state index in [9.17, 15) is 5.11 Å². The van der Waals surface area contributed by atoms with Crippen LogP contribution in [0.2, 0.25) is 0 Å². The van der Waals surface area contributed by atoms with Crippen LogP contribution in [0.25, 0.3) is 0 Å². The van der Waals surface area contributed by atoms with Gasteiger partial charge in [0, 0.05) is 23.6 Å². The lowest BCUT2D eigenvalue weighted by Crippen LogP contribution is -2.33. The summed E-state index contributed by atoms with van der Waals surface area (Å²) in [6.45, 7) is 9.57. The van der Waals surface area contributed by atoms with Crippen LogP contribution in [0.15, 0.2) is 0 Å². The van der Waals surface area contributed by atoms with Gasteiger partial charge in [0.25, 0.3) is 0 Å². The Bertz CT molecular complexity index is 159. The molecule has 3 heteroatoms. The molecule has 1 atom stereocenters. The third kappa shape index (κ3) is 4.34. The second-order valence-electron chi connectivity index (χ2n) is 4.51. The van der Waals surface area contributed by atoms with Crippen molar-refractivity contribution in [2.24, 2.45) is 0 Å². The van der Waals surface area contributed by atoms with E-state index in [4.69, 9.17) is 0 Å². The molecule has 1 saturated heterocycles. The summed E-state index contributed by atoms with van der Waals surface area (Å²) in [7, 11) is 0. The molecular weight excluding hydrogens is 182 g/mol. The van der Waals surface area contributed by atoms with Gasteiger partial charge in [-0.2, -0.15) is 11.8 Å². The lowest BCUT2D eigenvalue weighted by Gasteiger charge is -2.23. The summed E-state index contributed by atoms with van der Waals surface area (Å²) in [5.41, 5.74) is 0. The summed E-state index contributed by atoms with van der Waals surface area (Å²) in [5, 5.41) is 9.28. The predicted octanol–water partition coefficient (Wildman–Crippen LogP) is 1.58. The van der Waals surface area contributed by atoms with Gasteiger partial charge in [0.1, 0.15) is 0 Å². The van der Waals surface area contributed by atoms with E-state index >= 15 is 0 Å². The second-order valence-corrected chi connectivity index (χ2v) is 6.31. The minimum atomic E-state index is -0.189. The third-order valence-corrected chi connectivity index (χ3v) is 3.83. The van der Waals surface area contributed by atoms with Crippen LogP contribution in [-0.2, 0) is 0 Å². The van der Waals surface area contributed by atoms with E-state index in [0.29, 0.717) is 4.75 Å². The van der Waals surface area contributed by atoms with E-state index in [-0.39, 0.29) is 6.10 Å². The number of rotatable bonds is 2. The van der Waals surface area contributed by atoms with Crippen LogP contribution in [0.1, 0.15) is 27.2 Å². The van der Waals surface area contributed by atoms with Crippen LogP contribution in [0.5, 0.6) is 0 Å². The minimum Gasteiger partial charge on any atom is -0.392 e. The van der Waals surface area contributed by atoms with Crippen LogP contribution in [0.3, 0.4) is 0 Å². The van der Waals surface area contributed by atoms with Crippen molar-refractivity contribution in [3.05, 3.63) is 0 Å². The van der Waals surface area contributed by atoms with Crippen molar-refractivity contribution in [2.75, 3.05) is 25.4 Å². The SMILES string of the molecule is CC(O)CN1CCSC(C)(C)CC1. The van der Waals surface area contributed by atoms with Gasteiger partial charge in [-0.3, -0.25) is 4.90 Å². The Labute approximate surface area is 85.7 Å². The van der Waals surface area contributed by atoms with Crippen LogP contribution in [0, 0.1) is 0 Å². The van der Waals surface area contributed by atoms with E-state index in [1.54, 1.807) is 0 Å². The normalized spacial score (nSPS) is 26.8. The minimum absolute atomic E-state index is 0.189. The van der Waals surface area contributed by atoms with Gasteiger partial charge < -0.3 is 5.11 Å². The Morgan fingerprint density at radius 3 is 2.77 bits per heavy atom. The molecular formula is C10H21NOS. The molecule has 0 bridgehead atoms. The first kappa shape index (κ1) is 11.3. The molecule has 0 spiro atoms. The van der Waals surface area contributed by atoms with Crippen molar-refractivity contribution < 1.29 is 5.11 Å². The maximum atomic E-state index is 9.28. The summed E-state index contributed by atoms with van der Waals surface area (Å²) in [5.74, 6) is 1.19. The largest absolute Gasteiger partial charge is 0.392 e. The molecule has 0 aromatic heterocycles. The first-order valence-electron chi connectivity index (χ1n) is 5.04. The highest BCUT2D eigenvalue weighted by atomic mass is 32.2. The number of hydrogen-bond donors (Lipinski definition) is 1. The Morgan fingerprint density at radius 1 is 1.46 bits per heavy atom. The third-order valence-electron chi connectivity index (χ3n) is 2.45. The van der Waals surface area contributed by atoms with Gasteiger partial charge >= 0.3 is 0 Å². The number of nitrogens with zero attached hydrogens (tertiary/aromatic N) is 1. The molecule has 13 heavy (non-hydrogen) atoms. The standard InChI is InChI=1S/C10H21NOS/c1-9(12)8-11-5-4-10(2,3)13-7-6-11/h9,12H,4-8H2,1-3H3. The number of aliphatic hydroxyl groups is 1. The van der Waals surface area contributed by atoms with Gasteiger partial charge in [-0.05, 0) is 19.9 Å². The molecule has 1 rings (SSSR count). The predicted molar refractivity (Wildman–Crippen MR) is 59.3 cm³/mol. The van der Waals surface area contributed by atoms with Gasteiger partial charge in [-0.25, -0.2) is 0 Å². The first-order valence-corrected chi connectivity index (χ1v) is 6.02. The van der Waals surface area contributed by atoms with Gasteiger partial charge in [0.15, 0.2) is 0 Å². The smallest absolute Gasteiger partial charge is 0.0639 e. The molecule has 1 N–H and O–H groups in total. The Balaban J connectivity index is 2.36. The fraction of sp³-hybridized carbons (Fsp3) is 1.00. The van der Waals surface area contributed by atoms with Crippen molar-refractivity contribution in [1.82, 2.24) is 4.90 Å². The highest BCUT2D eigenvalue weighted by molar-refractivity contribution is 8.00. The zero-order valence-electron chi connectivity index (χ0n) is 8.92. The van der Waals surface area contributed by atoms with E-state index in [2.05, 4.69) is 18.7 Å². The highest BCUT2D eigenvalue weighted by Gasteiger charge is 2.23. The topological polar surface area (TPSA) is 23.5 Å². The zero-order chi connectivity index (χ0) is 9.90. The summed E-state index contributed by atoms with van der Waals surface area (Å²) in [4.78, 5) is 2.37. The number of aliphatic hydroxyl groups excluding tert-OH is 1. The maximum Gasteiger partial charge on any atom is 0.0639 e. The van der Waals surface area contributed by atoms with Crippen LogP contribution in [0.4, 0.5) is 0 Å². The average Bonchev–Trinajstić information content (AvgIpc) is 2.12. The van der Waals surface area contributed by atoms with E-state index < -0.39 is 0 Å². The Morgan fingerprint density at radius 2 is 2.15 bits per heavy atom. The van der Waals surface area contributed by atoms with E-state index in [0.717, 1.165) is 19.6 Å². The summed E-state index contributed by atoms with van der Waals surface area (Å²) < 4.78 is 0.424. The molecule has 0 radical (unpaired) electrons. The van der Waals surface area contributed by atoms with E-state index in [1.165, 1.54) is 12.2 Å². The first-order chi connectivity index (χ1) is 5.99. The maximum absolute atomic E-state index is 9.28. The zero-order valence-corrected chi connectivity index (χ0v) is 9.73. The second kappa shape index (κ2) is 4.67. The fourth-order valence-electron chi connectivity index (χ4n) is 1.62. The summed E-state index contributed by atoms with van der Waals surface area (Å²) >= 11 is 2.05. The number of thioether (sulfide) groups is 1. The molecule has 0 aliphatic carbocycles. The Hall–Kier alpha value is 0.270. The van der Waals surface area contributed by atoms with Crippen molar-refractivity contribution in [3.8, 4) is 0 Å². The molecule has 0 aromatic carbocycles. The monoisotopic (exact) mass is 203 g/mol. The molecule has 1 aliphatic heterocycles. The van der Waals surface area contributed by atoms with Crippen molar-refractivity contribution in [2.45, 2.75) is 38.0 Å². The van der Waals surface area contributed by atoms with Crippen molar-refractivity contribution in [3.63, 3.8) is 0 Å². The summed E-state index contributed by atoms with van der Waals surface area (Å²) in [6, 6.07) is 0. The van der Waals surface area contributed by atoms with Gasteiger partial charge in [0.05, 0.1) is 6.10 Å². The fourth-order valence-corrected chi connectivity index (χ4v) is 2.76. The van der Waals surface area contributed by atoms with Gasteiger partial charge in [0.2, 0.25) is 0 Å². The molecule has 1 aliphatic rings. The Kier molecular flexibility index (Phi) is 4.07. The van der Waals surface area contributed by atoms with Crippen LogP contribution in [-0.4, -0.2) is 46.2 Å². The average molecular weight is 203 g/mol. The van der Waals surface area contributed by atoms with Crippen molar-refractivity contribution in [1.29, 1.82) is 0 Å². The summed E-state index contributed by atoms with van der Waals surface area (Å²) in [6.07, 6.45) is 1.04. The van der Waals surface area contributed by atoms with E-state index in [1.807, 2.05) is 18.7 Å². The van der Waals surface area contributed by atoms with Crippen LogP contribution >= 0.6 is 11.8 Å². The molecule has 0 amide bonds. The molecule has 0 saturated carbocycles. The molecule has 2 nitrogen and oxygen atoms in total. The molecule has 1 unspecified atom stereocenters. The number of β-amino-alcohol motifs (C(OH)–C–C–N with tert-alkyl or cyclic N) is 1. The lowest BCUT2D eigenvalue weighted by molar-refractivity contribution is 0.129. The quantitative estimate of drug-likeness (QED) is 0.737.